The third-order valence-electron chi connectivity index (χ3n) is 4.81. The van der Waals surface area contributed by atoms with Crippen LogP contribution in [0.25, 0.3) is 0 Å². The van der Waals surface area contributed by atoms with E-state index in [-0.39, 0.29) is 5.41 Å². The fourth-order valence-corrected chi connectivity index (χ4v) is 3.99. The quantitative estimate of drug-likeness (QED) is 0.703. The predicted molar refractivity (Wildman–Crippen MR) is 68.5 cm³/mol. The Morgan fingerprint density at radius 3 is 2.18 bits per heavy atom. The van der Waals surface area contributed by atoms with Crippen molar-refractivity contribution in [3.63, 3.8) is 0 Å². The topological polar surface area (TPSA) is 23.8 Å². The average molecular weight is 225 g/mol. The number of nitriles is 1. The van der Waals surface area contributed by atoms with Crippen molar-refractivity contribution >= 4 is 0 Å². The van der Waals surface area contributed by atoms with Crippen LogP contribution >= 0.6 is 0 Å². The van der Waals surface area contributed by atoms with Crippen LogP contribution in [0.1, 0.15) is 50.5 Å². The molecule has 88 valence electrons. The number of nitrogens with zero attached hydrogens (tertiary/aromatic N) is 1. The minimum absolute atomic E-state index is 0.168. The molecule has 1 nitrogen and oxygen atoms in total. The molecule has 0 aromatic heterocycles. The maximum absolute atomic E-state index is 9.55. The van der Waals surface area contributed by atoms with Crippen molar-refractivity contribution < 1.29 is 0 Å². The number of rotatable bonds is 1. The number of hydrogen-bond acceptors (Lipinski definition) is 1. The van der Waals surface area contributed by atoms with E-state index in [4.69, 9.17) is 0 Å². The van der Waals surface area contributed by atoms with Crippen molar-refractivity contribution in [2.45, 2.75) is 50.4 Å². The molecule has 3 rings (SSSR count). The first-order chi connectivity index (χ1) is 8.29. The van der Waals surface area contributed by atoms with Crippen molar-refractivity contribution in [3.8, 4) is 6.07 Å². The van der Waals surface area contributed by atoms with Crippen LogP contribution in [-0.2, 0) is 5.41 Å². The Bertz CT molecular complexity index is 426. The molecule has 0 amide bonds. The Morgan fingerprint density at radius 1 is 0.941 bits per heavy atom. The van der Waals surface area contributed by atoms with E-state index in [0.29, 0.717) is 5.41 Å². The van der Waals surface area contributed by atoms with Crippen LogP contribution in [0.4, 0.5) is 0 Å². The summed E-state index contributed by atoms with van der Waals surface area (Å²) in [6, 6.07) is 13.0. The molecule has 2 saturated carbocycles. The van der Waals surface area contributed by atoms with E-state index in [1.807, 2.05) is 6.07 Å². The highest BCUT2D eigenvalue weighted by Crippen LogP contribution is 2.61. The molecule has 17 heavy (non-hydrogen) atoms. The third kappa shape index (κ3) is 1.67. The monoisotopic (exact) mass is 225 g/mol. The first-order valence-electron chi connectivity index (χ1n) is 6.76. The van der Waals surface area contributed by atoms with E-state index in [1.165, 1.54) is 37.7 Å². The van der Waals surface area contributed by atoms with Gasteiger partial charge in [-0.05, 0) is 36.7 Å². The lowest BCUT2D eigenvalue weighted by Gasteiger charge is -2.55. The maximum atomic E-state index is 9.55. The van der Waals surface area contributed by atoms with Crippen LogP contribution in [0.5, 0.6) is 0 Å². The lowest BCUT2D eigenvalue weighted by Crippen LogP contribution is -2.49. The average Bonchev–Trinajstić information content (AvgIpc) is 2.37. The fraction of sp³-hybridized carbons (Fsp3) is 0.562. The highest BCUT2D eigenvalue weighted by molar-refractivity contribution is 5.37. The molecule has 0 unspecified atom stereocenters. The molecule has 0 bridgehead atoms. The van der Waals surface area contributed by atoms with E-state index in [9.17, 15) is 5.26 Å². The van der Waals surface area contributed by atoms with Crippen LogP contribution in [0.15, 0.2) is 30.3 Å². The van der Waals surface area contributed by atoms with Crippen LogP contribution < -0.4 is 0 Å². The molecular weight excluding hydrogens is 206 g/mol. The molecule has 0 saturated heterocycles. The van der Waals surface area contributed by atoms with Crippen molar-refractivity contribution in [1.29, 1.82) is 5.26 Å². The second-order valence-electron chi connectivity index (χ2n) is 5.97. The van der Waals surface area contributed by atoms with Crippen molar-refractivity contribution in [2.75, 3.05) is 0 Å². The van der Waals surface area contributed by atoms with E-state index < -0.39 is 0 Å². The number of benzene rings is 1. The molecule has 1 aromatic carbocycles. The Labute approximate surface area is 103 Å². The smallest absolute Gasteiger partial charge is 0.0833 e. The number of hydrogen-bond donors (Lipinski definition) is 0. The van der Waals surface area contributed by atoms with Gasteiger partial charge in [-0.3, -0.25) is 0 Å². The lowest BCUT2D eigenvalue weighted by molar-refractivity contribution is 0.0169. The molecule has 0 N–H and O–H groups in total. The van der Waals surface area contributed by atoms with Gasteiger partial charge in [-0.1, -0.05) is 49.6 Å². The summed E-state index contributed by atoms with van der Waals surface area (Å²) in [7, 11) is 0. The van der Waals surface area contributed by atoms with Gasteiger partial charge < -0.3 is 0 Å². The normalized spacial score (nSPS) is 24.9. The highest BCUT2D eigenvalue weighted by Gasteiger charge is 2.55. The molecule has 2 fully saturated rings. The molecule has 1 aromatic rings. The Balaban J connectivity index is 1.82. The van der Waals surface area contributed by atoms with Gasteiger partial charge in [0.15, 0.2) is 0 Å². The van der Waals surface area contributed by atoms with Gasteiger partial charge in [-0.2, -0.15) is 5.26 Å². The zero-order valence-corrected chi connectivity index (χ0v) is 10.3. The van der Waals surface area contributed by atoms with Gasteiger partial charge in [0.1, 0.15) is 0 Å². The molecule has 1 spiro atoms. The summed E-state index contributed by atoms with van der Waals surface area (Å²) in [6.45, 7) is 0. The molecule has 1 heteroatoms. The van der Waals surface area contributed by atoms with Gasteiger partial charge in [0.25, 0.3) is 0 Å². The SMILES string of the molecule is N#CC1(c2ccccc2)CC2(CCCCC2)C1. The lowest BCUT2D eigenvalue weighted by atomic mass is 9.47. The molecule has 0 atom stereocenters. The van der Waals surface area contributed by atoms with Crippen LogP contribution in [0.2, 0.25) is 0 Å². The standard InChI is InChI=1S/C16H19N/c17-13-16(14-7-3-1-4-8-14)11-15(12-16)9-5-2-6-10-15/h1,3-4,7-8H,2,5-6,9-12H2. The van der Waals surface area contributed by atoms with Crippen molar-refractivity contribution in [2.24, 2.45) is 5.41 Å². The third-order valence-corrected chi connectivity index (χ3v) is 4.81. The van der Waals surface area contributed by atoms with Gasteiger partial charge in [-0.15, -0.1) is 0 Å². The van der Waals surface area contributed by atoms with Crippen LogP contribution in [0, 0.1) is 16.7 Å². The molecule has 2 aliphatic carbocycles. The Hall–Kier alpha value is -1.29. The predicted octanol–water partition coefficient (Wildman–Crippen LogP) is 4.19. The molecule has 0 aliphatic heterocycles. The minimum atomic E-state index is -0.168. The summed E-state index contributed by atoms with van der Waals surface area (Å²) in [6.07, 6.45) is 9.03. The summed E-state index contributed by atoms with van der Waals surface area (Å²) in [5.74, 6) is 0. The summed E-state index contributed by atoms with van der Waals surface area (Å²) in [5.41, 5.74) is 1.58. The summed E-state index contributed by atoms with van der Waals surface area (Å²) >= 11 is 0. The van der Waals surface area contributed by atoms with E-state index >= 15 is 0 Å². The van der Waals surface area contributed by atoms with Gasteiger partial charge in [-0.25, -0.2) is 0 Å². The molecule has 2 aliphatic rings. The van der Waals surface area contributed by atoms with Gasteiger partial charge >= 0.3 is 0 Å². The Kier molecular flexibility index (Phi) is 2.47. The highest BCUT2D eigenvalue weighted by atomic mass is 14.6. The first kappa shape index (κ1) is 10.8. The van der Waals surface area contributed by atoms with Crippen molar-refractivity contribution in [3.05, 3.63) is 35.9 Å². The molecule has 0 heterocycles. The minimum Gasteiger partial charge on any atom is -0.197 e. The largest absolute Gasteiger partial charge is 0.197 e. The van der Waals surface area contributed by atoms with Gasteiger partial charge in [0, 0.05) is 0 Å². The van der Waals surface area contributed by atoms with E-state index in [1.54, 1.807) is 0 Å². The van der Waals surface area contributed by atoms with E-state index in [2.05, 4.69) is 30.3 Å². The molecular formula is C16H19N. The van der Waals surface area contributed by atoms with Crippen LogP contribution in [-0.4, -0.2) is 0 Å². The Morgan fingerprint density at radius 2 is 1.59 bits per heavy atom. The summed E-state index contributed by atoms with van der Waals surface area (Å²) < 4.78 is 0. The summed E-state index contributed by atoms with van der Waals surface area (Å²) in [4.78, 5) is 0. The van der Waals surface area contributed by atoms with Gasteiger partial charge in [0.2, 0.25) is 0 Å². The second-order valence-corrected chi connectivity index (χ2v) is 5.97. The fourth-order valence-electron chi connectivity index (χ4n) is 3.99. The zero-order valence-electron chi connectivity index (χ0n) is 10.3. The van der Waals surface area contributed by atoms with Gasteiger partial charge in [0.05, 0.1) is 11.5 Å². The van der Waals surface area contributed by atoms with E-state index in [0.717, 1.165) is 12.8 Å². The maximum Gasteiger partial charge on any atom is 0.0833 e. The summed E-state index contributed by atoms with van der Waals surface area (Å²) in [5, 5.41) is 9.55. The van der Waals surface area contributed by atoms with Crippen molar-refractivity contribution in [1.82, 2.24) is 0 Å². The second kappa shape index (κ2) is 3.88. The first-order valence-corrected chi connectivity index (χ1v) is 6.76. The molecule has 0 radical (unpaired) electrons. The zero-order chi connectivity index (χ0) is 11.8. The van der Waals surface area contributed by atoms with Crippen LogP contribution in [0.3, 0.4) is 0 Å².